The van der Waals surface area contributed by atoms with Crippen LogP contribution in [0.3, 0.4) is 0 Å². The summed E-state index contributed by atoms with van der Waals surface area (Å²) in [6.45, 7) is 1.03. The highest BCUT2D eigenvalue weighted by atomic mass is 19.1. The summed E-state index contributed by atoms with van der Waals surface area (Å²) in [6, 6.07) is 6.08. The second-order valence-corrected chi connectivity index (χ2v) is 4.25. The molecule has 1 fully saturated rings. The number of halogens is 1. The van der Waals surface area contributed by atoms with Crippen LogP contribution in [-0.2, 0) is 0 Å². The van der Waals surface area contributed by atoms with Gasteiger partial charge in [-0.2, -0.15) is 5.26 Å². The van der Waals surface area contributed by atoms with Gasteiger partial charge in [-0.05, 0) is 31.0 Å². The number of benzene rings is 1. The summed E-state index contributed by atoms with van der Waals surface area (Å²) in [7, 11) is 0. The van der Waals surface area contributed by atoms with Crippen molar-refractivity contribution >= 4 is 0 Å². The van der Waals surface area contributed by atoms with Crippen molar-refractivity contribution in [2.75, 3.05) is 13.2 Å². The first-order valence-electron chi connectivity index (χ1n) is 5.22. The lowest BCUT2D eigenvalue weighted by Gasteiger charge is -2.14. The fourth-order valence-electron chi connectivity index (χ4n) is 1.50. The average molecular weight is 220 g/mol. The molecule has 84 valence electrons. The highest BCUT2D eigenvalue weighted by Gasteiger charge is 2.42. The Morgan fingerprint density at radius 2 is 2.25 bits per heavy atom. The SMILES string of the molecule is N#Cc1ccc(OCC2(CN)CC2)c(F)c1. The van der Waals surface area contributed by atoms with Crippen LogP contribution < -0.4 is 10.5 Å². The van der Waals surface area contributed by atoms with Crippen molar-refractivity contribution in [3.63, 3.8) is 0 Å². The van der Waals surface area contributed by atoms with Gasteiger partial charge in [-0.3, -0.25) is 0 Å². The summed E-state index contributed by atoms with van der Waals surface area (Å²) in [4.78, 5) is 0. The van der Waals surface area contributed by atoms with E-state index in [4.69, 9.17) is 15.7 Å². The first kappa shape index (κ1) is 10.9. The monoisotopic (exact) mass is 220 g/mol. The van der Waals surface area contributed by atoms with Gasteiger partial charge in [-0.25, -0.2) is 4.39 Å². The van der Waals surface area contributed by atoms with Gasteiger partial charge < -0.3 is 10.5 Å². The van der Waals surface area contributed by atoms with E-state index in [9.17, 15) is 4.39 Å². The van der Waals surface area contributed by atoms with Crippen molar-refractivity contribution < 1.29 is 9.13 Å². The minimum absolute atomic E-state index is 0.0559. The molecular weight excluding hydrogens is 207 g/mol. The fraction of sp³-hybridized carbons (Fsp3) is 0.417. The molecule has 0 spiro atoms. The standard InChI is InChI=1S/C12H13FN2O/c13-10-5-9(6-14)1-2-11(10)16-8-12(7-15)3-4-12/h1-2,5H,3-4,7-8,15H2. The van der Waals surface area contributed by atoms with E-state index in [1.807, 2.05) is 6.07 Å². The van der Waals surface area contributed by atoms with Crippen molar-refractivity contribution in [2.24, 2.45) is 11.1 Å². The summed E-state index contributed by atoms with van der Waals surface area (Å²) in [5.74, 6) is -0.300. The van der Waals surface area contributed by atoms with E-state index < -0.39 is 5.82 Å². The second-order valence-electron chi connectivity index (χ2n) is 4.25. The van der Waals surface area contributed by atoms with Crippen LogP contribution >= 0.6 is 0 Å². The van der Waals surface area contributed by atoms with Gasteiger partial charge in [0, 0.05) is 12.0 Å². The van der Waals surface area contributed by atoms with E-state index in [-0.39, 0.29) is 11.2 Å². The van der Waals surface area contributed by atoms with E-state index in [1.54, 1.807) is 6.07 Å². The Morgan fingerprint density at radius 1 is 1.50 bits per heavy atom. The number of hydrogen-bond acceptors (Lipinski definition) is 3. The highest BCUT2D eigenvalue weighted by Crippen LogP contribution is 2.44. The molecule has 0 unspecified atom stereocenters. The molecule has 0 bridgehead atoms. The lowest BCUT2D eigenvalue weighted by atomic mass is 10.1. The molecule has 2 rings (SSSR count). The van der Waals surface area contributed by atoms with E-state index >= 15 is 0 Å². The fourth-order valence-corrected chi connectivity index (χ4v) is 1.50. The quantitative estimate of drug-likeness (QED) is 0.841. The van der Waals surface area contributed by atoms with Gasteiger partial charge >= 0.3 is 0 Å². The Hall–Kier alpha value is -1.60. The van der Waals surface area contributed by atoms with Crippen LogP contribution in [0.4, 0.5) is 4.39 Å². The van der Waals surface area contributed by atoms with Crippen LogP contribution in [0.2, 0.25) is 0 Å². The lowest BCUT2D eigenvalue weighted by molar-refractivity contribution is 0.229. The van der Waals surface area contributed by atoms with Crippen LogP contribution in [0.25, 0.3) is 0 Å². The largest absolute Gasteiger partial charge is 0.490 e. The normalized spacial score (nSPS) is 16.6. The number of rotatable bonds is 4. The average Bonchev–Trinajstić information content (AvgIpc) is 3.08. The Labute approximate surface area is 93.6 Å². The third kappa shape index (κ3) is 2.15. The third-order valence-corrected chi connectivity index (χ3v) is 2.98. The first-order chi connectivity index (χ1) is 7.69. The van der Waals surface area contributed by atoms with Crippen molar-refractivity contribution in [3.05, 3.63) is 29.6 Å². The zero-order chi connectivity index (χ0) is 11.6. The minimum Gasteiger partial charge on any atom is -0.490 e. The maximum absolute atomic E-state index is 13.4. The molecule has 2 N–H and O–H groups in total. The molecule has 16 heavy (non-hydrogen) atoms. The molecule has 0 radical (unpaired) electrons. The van der Waals surface area contributed by atoms with Gasteiger partial charge in [0.25, 0.3) is 0 Å². The van der Waals surface area contributed by atoms with Crippen molar-refractivity contribution in [3.8, 4) is 11.8 Å². The van der Waals surface area contributed by atoms with Crippen molar-refractivity contribution in [1.29, 1.82) is 5.26 Å². The van der Waals surface area contributed by atoms with Gasteiger partial charge in [0.2, 0.25) is 0 Å². The smallest absolute Gasteiger partial charge is 0.166 e. The first-order valence-corrected chi connectivity index (χ1v) is 5.22. The lowest BCUT2D eigenvalue weighted by Crippen LogP contribution is -2.23. The van der Waals surface area contributed by atoms with Crippen molar-refractivity contribution in [1.82, 2.24) is 0 Å². The third-order valence-electron chi connectivity index (χ3n) is 2.98. The molecular formula is C12H13FN2O. The van der Waals surface area contributed by atoms with Gasteiger partial charge in [-0.1, -0.05) is 0 Å². The second kappa shape index (κ2) is 4.11. The van der Waals surface area contributed by atoms with Crippen LogP contribution in [0.15, 0.2) is 18.2 Å². The summed E-state index contributed by atoms with van der Waals surface area (Å²) in [6.07, 6.45) is 2.09. The Kier molecular flexibility index (Phi) is 2.80. The summed E-state index contributed by atoms with van der Waals surface area (Å²) < 4.78 is 18.8. The molecule has 1 aromatic rings. The molecule has 0 aromatic heterocycles. The molecule has 1 aliphatic rings. The van der Waals surface area contributed by atoms with E-state index in [0.717, 1.165) is 12.8 Å². The molecule has 0 heterocycles. The zero-order valence-corrected chi connectivity index (χ0v) is 8.87. The molecule has 1 saturated carbocycles. The zero-order valence-electron chi connectivity index (χ0n) is 8.87. The highest BCUT2D eigenvalue weighted by molar-refractivity contribution is 5.36. The molecule has 0 amide bonds. The number of ether oxygens (including phenoxy) is 1. The van der Waals surface area contributed by atoms with Crippen LogP contribution in [-0.4, -0.2) is 13.2 Å². The van der Waals surface area contributed by atoms with Crippen LogP contribution in [0.1, 0.15) is 18.4 Å². The topological polar surface area (TPSA) is 59.0 Å². The van der Waals surface area contributed by atoms with Crippen molar-refractivity contribution in [2.45, 2.75) is 12.8 Å². The van der Waals surface area contributed by atoms with Gasteiger partial charge in [0.1, 0.15) is 0 Å². The van der Waals surface area contributed by atoms with E-state index in [0.29, 0.717) is 18.7 Å². The number of nitriles is 1. The molecule has 0 atom stereocenters. The molecule has 0 aliphatic heterocycles. The van der Waals surface area contributed by atoms with Gasteiger partial charge in [-0.15, -0.1) is 0 Å². The maximum atomic E-state index is 13.4. The molecule has 1 aromatic carbocycles. The Balaban J connectivity index is 2.02. The number of nitrogens with two attached hydrogens (primary N) is 1. The van der Waals surface area contributed by atoms with E-state index in [2.05, 4.69) is 0 Å². The number of nitrogens with zero attached hydrogens (tertiary/aromatic N) is 1. The molecule has 4 heteroatoms. The maximum Gasteiger partial charge on any atom is 0.166 e. The van der Waals surface area contributed by atoms with Gasteiger partial charge in [0.15, 0.2) is 11.6 Å². The molecule has 3 nitrogen and oxygen atoms in total. The predicted molar refractivity (Wildman–Crippen MR) is 57.3 cm³/mol. The summed E-state index contributed by atoms with van der Waals surface area (Å²) >= 11 is 0. The Bertz CT molecular complexity index is 435. The summed E-state index contributed by atoms with van der Waals surface area (Å²) in [5, 5.41) is 8.59. The van der Waals surface area contributed by atoms with E-state index in [1.165, 1.54) is 12.1 Å². The molecule has 0 saturated heterocycles. The summed E-state index contributed by atoms with van der Waals surface area (Å²) in [5.41, 5.74) is 5.95. The predicted octanol–water partition coefficient (Wildman–Crippen LogP) is 1.82. The number of hydrogen-bond donors (Lipinski definition) is 1. The minimum atomic E-state index is -0.494. The van der Waals surface area contributed by atoms with Crippen LogP contribution in [0, 0.1) is 22.6 Å². The Morgan fingerprint density at radius 3 is 2.75 bits per heavy atom. The molecule has 1 aliphatic carbocycles. The van der Waals surface area contributed by atoms with Gasteiger partial charge in [0.05, 0.1) is 18.2 Å². The van der Waals surface area contributed by atoms with Crippen LogP contribution in [0.5, 0.6) is 5.75 Å².